The number of aliphatic hydroxyl groups excluding tert-OH is 4. The van der Waals surface area contributed by atoms with Crippen molar-refractivity contribution in [3.05, 3.63) is 103 Å². The van der Waals surface area contributed by atoms with Gasteiger partial charge in [0, 0.05) is 11.1 Å². The van der Waals surface area contributed by atoms with Crippen LogP contribution < -0.4 is 0 Å². The van der Waals surface area contributed by atoms with Crippen molar-refractivity contribution in [2.45, 2.75) is 4.90 Å². The zero-order valence-corrected chi connectivity index (χ0v) is 16.4. The van der Waals surface area contributed by atoms with E-state index < -0.39 is 10.1 Å². The molecule has 3 rings (SSSR count). The average Bonchev–Trinajstić information content (AvgIpc) is 2.78. The number of benzene rings is 3. The number of aliphatic hydroxyl groups is 4. The van der Waals surface area contributed by atoms with Crippen molar-refractivity contribution in [1.29, 1.82) is 0 Å². The average molecular weight is 428 g/mol. The molecule has 3 aromatic carbocycles. The summed E-state index contributed by atoms with van der Waals surface area (Å²) in [6.45, 7) is 0. The molecule has 0 aliphatic carbocycles. The zero-order chi connectivity index (χ0) is 22.1. The van der Waals surface area contributed by atoms with Crippen LogP contribution in [0.2, 0.25) is 0 Å². The van der Waals surface area contributed by atoms with E-state index in [1.54, 1.807) is 42.5 Å². The Balaban J connectivity index is 0.000000269. The largest absolute Gasteiger partial charge is 0.512 e. The van der Waals surface area contributed by atoms with E-state index in [0.29, 0.717) is 23.7 Å². The second kappa shape index (κ2) is 10.1. The first-order valence-corrected chi connectivity index (χ1v) is 10.0. The molecule has 0 aromatic heterocycles. The summed E-state index contributed by atoms with van der Waals surface area (Å²) in [6.07, 6.45) is 1.29. The van der Waals surface area contributed by atoms with E-state index in [2.05, 4.69) is 0 Å². The van der Waals surface area contributed by atoms with E-state index in [4.69, 9.17) is 14.8 Å². The van der Waals surface area contributed by atoms with Crippen LogP contribution in [-0.4, -0.2) is 33.4 Å². The third-order valence-corrected chi connectivity index (χ3v) is 4.85. The highest BCUT2D eigenvalue weighted by Gasteiger charge is 2.06. The fraction of sp³-hybridized carbons (Fsp3) is 0. The standard InChI is InChI=1S/C16H14O4.C6H6O3S/c17-9-15(19)13-5-1-11(2-6-13)12-3-7-14(8-4-12)16(20)10-18;7-10(8,9)6-4-2-1-3-5-6/h1-10,17-20H;1-5H,(H,7,8,9). The topological polar surface area (TPSA) is 135 Å². The molecule has 0 spiro atoms. The summed E-state index contributed by atoms with van der Waals surface area (Å²) in [7, 11) is -4.00. The highest BCUT2D eigenvalue weighted by molar-refractivity contribution is 7.85. The Morgan fingerprint density at radius 1 is 0.633 bits per heavy atom. The lowest BCUT2D eigenvalue weighted by molar-refractivity contribution is 0.431. The van der Waals surface area contributed by atoms with Gasteiger partial charge in [0.15, 0.2) is 11.5 Å². The predicted octanol–water partition coefficient (Wildman–Crippen LogP) is 5.12. The second-order valence-electron chi connectivity index (χ2n) is 5.97. The molecular formula is C22H20O7S. The molecule has 5 N–H and O–H groups in total. The predicted molar refractivity (Wildman–Crippen MR) is 115 cm³/mol. The van der Waals surface area contributed by atoms with Crippen LogP contribution in [0.25, 0.3) is 22.6 Å². The second-order valence-corrected chi connectivity index (χ2v) is 7.39. The number of hydrogen-bond acceptors (Lipinski definition) is 6. The minimum absolute atomic E-state index is 0.0741. The van der Waals surface area contributed by atoms with Gasteiger partial charge in [-0.05, 0) is 23.3 Å². The first kappa shape index (κ1) is 22.5. The Bertz CT molecular complexity index is 1060. The summed E-state index contributed by atoms with van der Waals surface area (Å²) < 4.78 is 29.2. The van der Waals surface area contributed by atoms with Gasteiger partial charge in [0.05, 0.1) is 4.90 Å². The molecule has 3 aromatic rings. The molecular weight excluding hydrogens is 408 g/mol. The number of rotatable bonds is 4. The summed E-state index contributed by atoms with van der Waals surface area (Å²) >= 11 is 0. The molecule has 0 aliphatic rings. The smallest absolute Gasteiger partial charge is 0.294 e. The van der Waals surface area contributed by atoms with E-state index in [1.165, 1.54) is 12.1 Å². The van der Waals surface area contributed by atoms with Crippen molar-refractivity contribution in [3.63, 3.8) is 0 Å². The van der Waals surface area contributed by atoms with Crippen molar-refractivity contribution in [2.24, 2.45) is 0 Å². The Kier molecular flexibility index (Phi) is 7.62. The summed E-state index contributed by atoms with van der Waals surface area (Å²) in [5, 5.41) is 36.2. The maximum Gasteiger partial charge on any atom is 0.294 e. The van der Waals surface area contributed by atoms with Gasteiger partial charge in [-0.15, -0.1) is 0 Å². The van der Waals surface area contributed by atoms with Gasteiger partial charge in [0.1, 0.15) is 12.5 Å². The van der Waals surface area contributed by atoms with Crippen molar-refractivity contribution in [2.75, 3.05) is 0 Å². The van der Waals surface area contributed by atoms with Crippen molar-refractivity contribution in [3.8, 4) is 11.1 Å². The third kappa shape index (κ3) is 6.13. The molecule has 8 heteroatoms. The lowest BCUT2D eigenvalue weighted by Crippen LogP contribution is -1.96. The number of hydrogen-bond donors (Lipinski definition) is 5. The van der Waals surface area contributed by atoms with E-state index >= 15 is 0 Å². The normalized spacial score (nSPS) is 12.0. The Labute approximate surface area is 173 Å². The summed E-state index contributed by atoms with van der Waals surface area (Å²) in [5.74, 6) is -0.380. The van der Waals surface area contributed by atoms with Crippen molar-refractivity contribution >= 4 is 21.6 Å². The van der Waals surface area contributed by atoms with Crippen LogP contribution in [0.5, 0.6) is 0 Å². The molecule has 156 valence electrons. The van der Waals surface area contributed by atoms with Gasteiger partial charge in [0.25, 0.3) is 10.1 Å². The fourth-order valence-electron chi connectivity index (χ4n) is 2.41. The molecule has 0 heterocycles. The van der Waals surface area contributed by atoms with Crippen LogP contribution in [0, 0.1) is 0 Å². The van der Waals surface area contributed by atoms with E-state index in [1.807, 2.05) is 24.3 Å². The molecule has 0 aliphatic heterocycles. The van der Waals surface area contributed by atoms with E-state index in [9.17, 15) is 18.6 Å². The van der Waals surface area contributed by atoms with Gasteiger partial charge in [-0.1, -0.05) is 66.7 Å². The molecule has 0 saturated heterocycles. The molecule has 0 fully saturated rings. The lowest BCUT2D eigenvalue weighted by Gasteiger charge is -2.05. The SMILES string of the molecule is O=S(=O)(O)c1ccccc1.OC=C(O)c1ccc(-c2ccc(C(O)=CO)cc2)cc1. The minimum Gasteiger partial charge on any atom is -0.512 e. The molecule has 0 amide bonds. The molecule has 0 atom stereocenters. The van der Waals surface area contributed by atoms with Gasteiger partial charge in [-0.25, -0.2) is 0 Å². The summed E-state index contributed by atoms with van der Waals surface area (Å²) in [6, 6.07) is 21.4. The van der Waals surface area contributed by atoms with Crippen LogP contribution in [-0.2, 0) is 10.1 Å². The Morgan fingerprint density at radius 2 is 1.00 bits per heavy atom. The highest BCUT2D eigenvalue weighted by Crippen LogP contribution is 2.23. The summed E-state index contributed by atoms with van der Waals surface area (Å²) in [5.41, 5.74) is 2.90. The van der Waals surface area contributed by atoms with Gasteiger partial charge in [-0.3, -0.25) is 4.55 Å². The lowest BCUT2D eigenvalue weighted by atomic mass is 10.0. The maximum atomic E-state index is 10.4. The van der Waals surface area contributed by atoms with Crippen LogP contribution in [0.3, 0.4) is 0 Å². The first-order valence-electron chi connectivity index (χ1n) is 8.56. The van der Waals surface area contributed by atoms with E-state index in [-0.39, 0.29) is 16.4 Å². The molecule has 7 nitrogen and oxygen atoms in total. The minimum atomic E-state index is -4.00. The van der Waals surface area contributed by atoms with Crippen LogP contribution in [0.4, 0.5) is 0 Å². The van der Waals surface area contributed by atoms with Crippen LogP contribution in [0.1, 0.15) is 11.1 Å². The van der Waals surface area contributed by atoms with Gasteiger partial charge in [0.2, 0.25) is 0 Å². The quantitative estimate of drug-likeness (QED) is 0.288. The van der Waals surface area contributed by atoms with Crippen LogP contribution in [0.15, 0.2) is 96.3 Å². The Morgan fingerprint density at radius 3 is 1.27 bits per heavy atom. The van der Waals surface area contributed by atoms with E-state index in [0.717, 1.165) is 11.1 Å². The monoisotopic (exact) mass is 428 g/mol. The maximum absolute atomic E-state index is 10.4. The molecule has 0 bridgehead atoms. The van der Waals surface area contributed by atoms with Crippen molar-refractivity contribution < 1.29 is 33.4 Å². The van der Waals surface area contributed by atoms with Crippen LogP contribution >= 0.6 is 0 Å². The molecule has 0 unspecified atom stereocenters. The Hall–Kier alpha value is -3.75. The van der Waals surface area contributed by atoms with Gasteiger partial charge in [-0.2, -0.15) is 8.42 Å². The zero-order valence-electron chi connectivity index (χ0n) is 15.6. The third-order valence-electron chi connectivity index (χ3n) is 3.98. The summed E-state index contributed by atoms with van der Waals surface area (Å²) in [4.78, 5) is -0.0741. The molecule has 0 radical (unpaired) electrons. The molecule has 30 heavy (non-hydrogen) atoms. The van der Waals surface area contributed by atoms with Gasteiger partial charge >= 0.3 is 0 Å². The first-order chi connectivity index (χ1) is 14.3. The van der Waals surface area contributed by atoms with Gasteiger partial charge < -0.3 is 20.4 Å². The fourth-order valence-corrected chi connectivity index (χ4v) is 2.91. The molecule has 0 saturated carbocycles. The van der Waals surface area contributed by atoms with Crippen molar-refractivity contribution in [1.82, 2.24) is 0 Å². The highest BCUT2D eigenvalue weighted by atomic mass is 32.2.